The molecule has 1 aromatic carbocycles. The molecule has 1 fully saturated rings. The van der Waals surface area contributed by atoms with Gasteiger partial charge in [-0.1, -0.05) is 0 Å². The summed E-state index contributed by atoms with van der Waals surface area (Å²) in [6.07, 6.45) is 2.06. The maximum Gasteiger partial charge on any atom is 0.123 e. The van der Waals surface area contributed by atoms with E-state index in [1.165, 1.54) is 0 Å². The fourth-order valence-corrected chi connectivity index (χ4v) is 1.57. The van der Waals surface area contributed by atoms with Crippen LogP contribution in [0.5, 0.6) is 11.5 Å². The van der Waals surface area contributed by atoms with Crippen LogP contribution < -0.4 is 4.74 Å². The molecule has 0 radical (unpaired) electrons. The number of aryl methyl sites for hydroxylation is 1. The lowest BCUT2D eigenvalue weighted by molar-refractivity contribution is 0.146. The van der Waals surface area contributed by atoms with Crippen molar-refractivity contribution in [1.82, 2.24) is 0 Å². The van der Waals surface area contributed by atoms with E-state index in [0.717, 1.165) is 18.4 Å². The number of aliphatic hydroxyl groups is 1. The van der Waals surface area contributed by atoms with Gasteiger partial charge in [-0.3, -0.25) is 0 Å². The van der Waals surface area contributed by atoms with E-state index in [1.807, 2.05) is 13.0 Å². The zero-order valence-corrected chi connectivity index (χ0v) is 8.86. The second kappa shape index (κ2) is 3.74. The average Bonchev–Trinajstić information content (AvgIpc) is 2.94. The number of ether oxygens (including phenoxy) is 1. The summed E-state index contributed by atoms with van der Waals surface area (Å²) < 4.78 is 5.57. The van der Waals surface area contributed by atoms with Crippen molar-refractivity contribution in [2.24, 2.45) is 5.41 Å². The van der Waals surface area contributed by atoms with Crippen molar-refractivity contribution >= 4 is 0 Å². The van der Waals surface area contributed by atoms with Gasteiger partial charge in [0.15, 0.2) is 0 Å². The van der Waals surface area contributed by atoms with Crippen molar-refractivity contribution in [3.8, 4) is 11.5 Å². The van der Waals surface area contributed by atoms with E-state index in [9.17, 15) is 5.11 Å². The molecule has 1 aliphatic carbocycles. The molecule has 15 heavy (non-hydrogen) atoms. The molecular weight excluding hydrogens is 192 g/mol. The predicted octanol–water partition coefficient (Wildman–Crippen LogP) is 1.85. The number of aromatic hydroxyl groups is 1. The fraction of sp³-hybridized carbons (Fsp3) is 0.500. The number of hydrogen-bond acceptors (Lipinski definition) is 3. The quantitative estimate of drug-likeness (QED) is 0.794. The highest BCUT2D eigenvalue weighted by Crippen LogP contribution is 2.45. The first kappa shape index (κ1) is 10.3. The first-order chi connectivity index (χ1) is 7.13. The molecule has 1 saturated carbocycles. The minimum absolute atomic E-state index is 0.0145. The SMILES string of the molecule is Cc1cc(O)cc(OCC2(CO)CC2)c1. The Morgan fingerprint density at radius 3 is 2.60 bits per heavy atom. The van der Waals surface area contributed by atoms with Crippen LogP contribution in [-0.2, 0) is 0 Å². The molecule has 3 heteroatoms. The van der Waals surface area contributed by atoms with Crippen molar-refractivity contribution < 1.29 is 14.9 Å². The number of hydrogen-bond donors (Lipinski definition) is 2. The molecule has 0 saturated heterocycles. The number of rotatable bonds is 4. The predicted molar refractivity (Wildman–Crippen MR) is 57.1 cm³/mol. The molecule has 0 heterocycles. The molecule has 0 aromatic heterocycles. The molecule has 82 valence electrons. The normalized spacial score (nSPS) is 17.5. The van der Waals surface area contributed by atoms with Crippen LogP contribution in [0.25, 0.3) is 0 Å². The van der Waals surface area contributed by atoms with Gasteiger partial charge in [0.25, 0.3) is 0 Å². The summed E-state index contributed by atoms with van der Waals surface area (Å²) in [5.74, 6) is 0.895. The highest BCUT2D eigenvalue weighted by molar-refractivity contribution is 5.36. The van der Waals surface area contributed by atoms with E-state index in [0.29, 0.717) is 12.4 Å². The lowest BCUT2D eigenvalue weighted by Crippen LogP contribution is -2.17. The Kier molecular flexibility index (Phi) is 2.57. The van der Waals surface area contributed by atoms with Crippen molar-refractivity contribution in [3.63, 3.8) is 0 Å². The standard InChI is InChI=1S/C12H16O3/c1-9-4-10(14)6-11(5-9)15-8-12(7-13)2-3-12/h4-6,13-14H,2-3,7-8H2,1H3. The molecule has 0 amide bonds. The van der Waals surface area contributed by atoms with E-state index in [-0.39, 0.29) is 17.8 Å². The Bertz CT molecular complexity index is 336. The number of aliphatic hydroxyl groups excluding tert-OH is 1. The summed E-state index contributed by atoms with van der Waals surface area (Å²) in [5.41, 5.74) is 0.957. The zero-order chi connectivity index (χ0) is 10.9. The minimum atomic E-state index is -0.0145. The van der Waals surface area contributed by atoms with Gasteiger partial charge in [0.05, 0.1) is 13.2 Å². The Balaban J connectivity index is 1.99. The molecular formula is C12H16O3. The maximum atomic E-state index is 9.37. The van der Waals surface area contributed by atoms with Gasteiger partial charge in [-0.15, -0.1) is 0 Å². The van der Waals surface area contributed by atoms with Gasteiger partial charge >= 0.3 is 0 Å². The molecule has 0 aliphatic heterocycles. The van der Waals surface area contributed by atoms with Crippen LogP contribution in [0.1, 0.15) is 18.4 Å². The smallest absolute Gasteiger partial charge is 0.123 e. The van der Waals surface area contributed by atoms with E-state index >= 15 is 0 Å². The Labute approximate surface area is 89.3 Å². The molecule has 0 bridgehead atoms. The summed E-state index contributed by atoms with van der Waals surface area (Å²) in [6, 6.07) is 5.17. The third kappa shape index (κ3) is 2.42. The lowest BCUT2D eigenvalue weighted by atomic mass is 10.1. The van der Waals surface area contributed by atoms with Gasteiger partial charge in [0.2, 0.25) is 0 Å². The molecule has 0 unspecified atom stereocenters. The summed E-state index contributed by atoms with van der Waals surface area (Å²) in [4.78, 5) is 0. The maximum absolute atomic E-state index is 9.37. The first-order valence-corrected chi connectivity index (χ1v) is 5.18. The van der Waals surface area contributed by atoms with Gasteiger partial charge in [0.1, 0.15) is 11.5 Å². The summed E-state index contributed by atoms with van der Waals surface area (Å²) in [6.45, 7) is 2.63. The third-order valence-corrected chi connectivity index (χ3v) is 2.87. The highest BCUT2D eigenvalue weighted by atomic mass is 16.5. The number of phenols is 1. The fourth-order valence-electron chi connectivity index (χ4n) is 1.57. The molecule has 0 atom stereocenters. The monoisotopic (exact) mass is 208 g/mol. The average molecular weight is 208 g/mol. The summed E-state index contributed by atoms with van der Waals surface area (Å²) in [7, 11) is 0. The van der Waals surface area contributed by atoms with E-state index in [4.69, 9.17) is 9.84 Å². The van der Waals surface area contributed by atoms with Crippen LogP contribution in [-0.4, -0.2) is 23.4 Å². The number of phenolic OH excluding ortho intramolecular Hbond substituents is 1. The van der Waals surface area contributed by atoms with Crippen LogP contribution in [0, 0.1) is 12.3 Å². The Hall–Kier alpha value is -1.22. The van der Waals surface area contributed by atoms with E-state index in [2.05, 4.69) is 0 Å². The Morgan fingerprint density at radius 2 is 2.07 bits per heavy atom. The molecule has 3 nitrogen and oxygen atoms in total. The molecule has 1 aromatic rings. The van der Waals surface area contributed by atoms with Crippen LogP contribution in [0.2, 0.25) is 0 Å². The molecule has 2 N–H and O–H groups in total. The first-order valence-electron chi connectivity index (χ1n) is 5.18. The van der Waals surface area contributed by atoms with Crippen LogP contribution in [0.4, 0.5) is 0 Å². The van der Waals surface area contributed by atoms with Crippen LogP contribution in [0.3, 0.4) is 0 Å². The van der Waals surface area contributed by atoms with Crippen LogP contribution >= 0.6 is 0 Å². The van der Waals surface area contributed by atoms with Crippen LogP contribution in [0.15, 0.2) is 18.2 Å². The van der Waals surface area contributed by atoms with Gasteiger partial charge in [-0.05, 0) is 37.5 Å². The molecule has 0 spiro atoms. The summed E-state index contributed by atoms with van der Waals surface area (Å²) in [5, 5.41) is 18.5. The Morgan fingerprint density at radius 1 is 1.33 bits per heavy atom. The van der Waals surface area contributed by atoms with Crippen molar-refractivity contribution in [2.75, 3.05) is 13.2 Å². The topological polar surface area (TPSA) is 49.7 Å². The minimum Gasteiger partial charge on any atom is -0.508 e. The van der Waals surface area contributed by atoms with Gasteiger partial charge in [-0.25, -0.2) is 0 Å². The third-order valence-electron chi connectivity index (χ3n) is 2.87. The van der Waals surface area contributed by atoms with Gasteiger partial charge in [-0.2, -0.15) is 0 Å². The second-order valence-electron chi connectivity index (χ2n) is 4.45. The summed E-state index contributed by atoms with van der Waals surface area (Å²) >= 11 is 0. The van der Waals surface area contributed by atoms with E-state index < -0.39 is 0 Å². The molecule has 1 aliphatic rings. The van der Waals surface area contributed by atoms with E-state index in [1.54, 1.807) is 12.1 Å². The van der Waals surface area contributed by atoms with Crippen molar-refractivity contribution in [3.05, 3.63) is 23.8 Å². The van der Waals surface area contributed by atoms with Crippen molar-refractivity contribution in [2.45, 2.75) is 19.8 Å². The zero-order valence-electron chi connectivity index (χ0n) is 8.86. The second-order valence-corrected chi connectivity index (χ2v) is 4.45. The number of benzene rings is 1. The van der Waals surface area contributed by atoms with Gasteiger partial charge in [0, 0.05) is 11.5 Å². The largest absolute Gasteiger partial charge is 0.508 e. The molecule has 2 rings (SSSR count). The lowest BCUT2D eigenvalue weighted by Gasteiger charge is -2.13. The highest BCUT2D eigenvalue weighted by Gasteiger charge is 2.42. The van der Waals surface area contributed by atoms with Gasteiger partial charge < -0.3 is 14.9 Å². The van der Waals surface area contributed by atoms with Crippen molar-refractivity contribution in [1.29, 1.82) is 0 Å².